The maximum Gasteiger partial charge on any atom is 0.337 e. The Balaban J connectivity index is 2.09. The van der Waals surface area contributed by atoms with E-state index in [1.54, 1.807) is 30.3 Å². The lowest BCUT2D eigenvalue weighted by atomic mass is 10.2. The Labute approximate surface area is 124 Å². The van der Waals surface area contributed by atoms with Gasteiger partial charge in [-0.3, -0.25) is 0 Å². The molecule has 0 aliphatic rings. The number of hydrogen-bond donors (Lipinski definition) is 1. The topological polar surface area (TPSA) is 38.3 Å². The molecule has 0 aliphatic carbocycles. The predicted molar refractivity (Wildman–Crippen MR) is 79.2 cm³/mol. The molecule has 2 aromatic carbocycles. The van der Waals surface area contributed by atoms with Gasteiger partial charge in [-0.05, 0) is 30.3 Å². The fourth-order valence-electron chi connectivity index (χ4n) is 1.74. The van der Waals surface area contributed by atoms with E-state index in [0.717, 1.165) is 5.69 Å². The highest BCUT2D eigenvalue weighted by molar-refractivity contribution is 9.10. The third-order valence-electron chi connectivity index (χ3n) is 2.78. The summed E-state index contributed by atoms with van der Waals surface area (Å²) in [6, 6.07) is 11.8. The number of esters is 1. The summed E-state index contributed by atoms with van der Waals surface area (Å²) in [6.07, 6.45) is 0. The van der Waals surface area contributed by atoms with Crippen molar-refractivity contribution < 1.29 is 13.9 Å². The molecule has 0 aromatic heterocycles. The van der Waals surface area contributed by atoms with Crippen molar-refractivity contribution in [2.24, 2.45) is 0 Å². The minimum absolute atomic E-state index is 0.281. The van der Waals surface area contributed by atoms with Crippen LogP contribution in [-0.2, 0) is 11.3 Å². The third kappa shape index (κ3) is 3.57. The van der Waals surface area contributed by atoms with Gasteiger partial charge in [0.05, 0.1) is 12.7 Å². The molecular formula is C15H13BrFNO2. The van der Waals surface area contributed by atoms with Crippen LogP contribution in [-0.4, -0.2) is 13.1 Å². The number of nitrogens with one attached hydrogen (secondary N) is 1. The van der Waals surface area contributed by atoms with E-state index < -0.39 is 5.97 Å². The summed E-state index contributed by atoms with van der Waals surface area (Å²) >= 11 is 3.21. The molecule has 20 heavy (non-hydrogen) atoms. The fourth-order valence-corrected chi connectivity index (χ4v) is 2.07. The van der Waals surface area contributed by atoms with E-state index in [1.807, 2.05) is 6.07 Å². The van der Waals surface area contributed by atoms with Gasteiger partial charge in [0, 0.05) is 22.3 Å². The van der Waals surface area contributed by atoms with Gasteiger partial charge in [-0.25, -0.2) is 9.18 Å². The van der Waals surface area contributed by atoms with E-state index >= 15 is 0 Å². The highest BCUT2D eigenvalue weighted by Gasteiger charge is 2.06. The second-order valence-corrected chi connectivity index (χ2v) is 5.08. The number of methoxy groups -OCH3 is 1. The summed E-state index contributed by atoms with van der Waals surface area (Å²) in [5.41, 5.74) is 1.74. The molecule has 0 atom stereocenters. The Kier molecular flexibility index (Phi) is 4.74. The van der Waals surface area contributed by atoms with Crippen molar-refractivity contribution in [1.29, 1.82) is 0 Å². The van der Waals surface area contributed by atoms with E-state index in [1.165, 1.54) is 13.2 Å². The number of carbonyl (C=O) groups excluding carboxylic acids is 1. The van der Waals surface area contributed by atoms with Crippen molar-refractivity contribution in [3.05, 3.63) is 63.9 Å². The Morgan fingerprint density at radius 1 is 1.30 bits per heavy atom. The SMILES string of the molecule is COC(=O)c1cccc(NCc2ccc(Br)cc2F)c1. The van der Waals surface area contributed by atoms with Gasteiger partial charge >= 0.3 is 5.97 Å². The van der Waals surface area contributed by atoms with Gasteiger partial charge in [-0.15, -0.1) is 0 Å². The summed E-state index contributed by atoms with van der Waals surface area (Å²) in [5, 5.41) is 3.08. The lowest BCUT2D eigenvalue weighted by Gasteiger charge is -2.09. The average Bonchev–Trinajstić information content (AvgIpc) is 2.46. The highest BCUT2D eigenvalue weighted by atomic mass is 79.9. The molecular weight excluding hydrogens is 325 g/mol. The molecule has 3 nitrogen and oxygen atoms in total. The second-order valence-electron chi connectivity index (χ2n) is 4.16. The number of ether oxygens (including phenoxy) is 1. The highest BCUT2D eigenvalue weighted by Crippen LogP contribution is 2.17. The molecule has 104 valence electrons. The maximum atomic E-state index is 13.7. The molecule has 1 N–H and O–H groups in total. The third-order valence-corrected chi connectivity index (χ3v) is 3.27. The van der Waals surface area contributed by atoms with Gasteiger partial charge in [0.2, 0.25) is 0 Å². The molecule has 0 saturated carbocycles. The van der Waals surface area contributed by atoms with Crippen LogP contribution >= 0.6 is 15.9 Å². The first-order valence-corrected chi connectivity index (χ1v) is 6.75. The van der Waals surface area contributed by atoms with Gasteiger partial charge in [0.15, 0.2) is 0 Å². The predicted octanol–water partition coefficient (Wildman–Crippen LogP) is 3.99. The number of halogens is 2. The molecule has 0 radical (unpaired) electrons. The molecule has 0 unspecified atom stereocenters. The molecule has 2 rings (SSSR count). The zero-order valence-corrected chi connectivity index (χ0v) is 12.4. The van der Waals surface area contributed by atoms with E-state index in [4.69, 9.17) is 0 Å². The monoisotopic (exact) mass is 337 g/mol. The van der Waals surface area contributed by atoms with E-state index in [-0.39, 0.29) is 5.82 Å². The number of benzene rings is 2. The number of anilines is 1. The molecule has 0 aliphatic heterocycles. The lowest BCUT2D eigenvalue weighted by molar-refractivity contribution is 0.0601. The summed E-state index contributed by atoms with van der Waals surface area (Å²) in [4.78, 5) is 11.4. The molecule has 0 fully saturated rings. The van der Waals surface area contributed by atoms with Crippen LogP contribution in [0, 0.1) is 5.82 Å². The Morgan fingerprint density at radius 2 is 2.10 bits per heavy atom. The van der Waals surface area contributed by atoms with Crippen LogP contribution in [0.2, 0.25) is 0 Å². The van der Waals surface area contributed by atoms with Crippen LogP contribution in [0.4, 0.5) is 10.1 Å². The Hall–Kier alpha value is -1.88. The van der Waals surface area contributed by atoms with Crippen molar-refractivity contribution in [3.63, 3.8) is 0 Å². The summed E-state index contributed by atoms with van der Waals surface area (Å²) in [6.45, 7) is 0.337. The summed E-state index contributed by atoms with van der Waals surface area (Å²) < 4.78 is 19.0. The number of rotatable bonds is 4. The zero-order chi connectivity index (χ0) is 14.5. The Bertz CT molecular complexity index is 631. The van der Waals surface area contributed by atoms with Gasteiger partial charge in [-0.2, -0.15) is 0 Å². The molecule has 2 aromatic rings. The van der Waals surface area contributed by atoms with Crippen molar-refractivity contribution in [3.8, 4) is 0 Å². The molecule has 0 saturated heterocycles. The number of hydrogen-bond acceptors (Lipinski definition) is 3. The molecule has 0 bridgehead atoms. The van der Waals surface area contributed by atoms with Crippen LogP contribution in [0.1, 0.15) is 15.9 Å². The molecule has 0 heterocycles. The minimum atomic E-state index is -0.400. The van der Waals surface area contributed by atoms with Crippen molar-refractivity contribution in [2.45, 2.75) is 6.54 Å². The van der Waals surface area contributed by atoms with Gasteiger partial charge in [-0.1, -0.05) is 28.1 Å². The quantitative estimate of drug-likeness (QED) is 0.857. The van der Waals surface area contributed by atoms with Crippen LogP contribution in [0.25, 0.3) is 0 Å². The summed E-state index contributed by atoms with van der Waals surface area (Å²) in [7, 11) is 1.33. The van der Waals surface area contributed by atoms with E-state index in [2.05, 4.69) is 26.0 Å². The smallest absolute Gasteiger partial charge is 0.337 e. The lowest BCUT2D eigenvalue weighted by Crippen LogP contribution is -2.04. The molecule has 0 amide bonds. The molecule has 0 spiro atoms. The normalized spacial score (nSPS) is 10.2. The first-order chi connectivity index (χ1) is 9.60. The standard InChI is InChI=1S/C15H13BrFNO2/c1-20-15(19)10-3-2-4-13(7-10)18-9-11-5-6-12(16)8-14(11)17/h2-8,18H,9H2,1H3. The maximum absolute atomic E-state index is 13.7. The van der Waals surface area contributed by atoms with E-state index in [0.29, 0.717) is 22.1 Å². The zero-order valence-electron chi connectivity index (χ0n) is 10.8. The van der Waals surface area contributed by atoms with Crippen LogP contribution in [0.5, 0.6) is 0 Å². The van der Waals surface area contributed by atoms with Crippen molar-refractivity contribution in [2.75, 3.05) is 12.4 Å². The Morgan fingerprint density at radius 3 is 2.80 bits per heavy atom. The van der Waals surface area contributed by atoms with Gasteiger partial charge in [0.25, 0.3) is 0 Å². The number of carbonyl (C=O) groups is 1. The summed E-state index contributed by atoms with van der Waals surface area (Å²) in [5.74, 6) is -0.681. The van der Waals surface area contributed by atoms with Crippen molar-refractivity contribution >= 4 is 27.6 Å². The largest absolute Gasteiger partial charge is 0.465 e. The van der Waals surface area contributed by atoms with E-state index in [9.17, 15) is 9.18 Å². The first-order valence-electron chi connectivity index (χ1n) is 5.96. The van der Waals surface area contributed by atoms with Gasteiger partial charge in [0.1, 0.15) is 5.82 Å². The van der Waals surface area contributed by atoms with Crippen LogP contribution in [0.15, 0.2) is 46.9 Å². The second kappa shape index (κ2) is 6.52. The molecule has 5 heteroatoms. The minimum Gasteiger partial charge on any atom is -0.465 e. The fraction of sp³-hybridized carbons (Fsp3) is 0.133. The first kappa shape index (κ1) is 14.5. The van der Waals surface area contributed by atoms with Crippen LogP contribution in [0.3, 0.4) is 0 Å². The average molecular weight is 338 g/mol. The van der Waals surface area contributed by atoms with Crippen LogP contribution < -0.4 is 5.32 Å². The van der Waals surface area contributed by atoms with Crippen molar-refractivity contribution in [1.82, 2.24) is 0 Å². The van der Waals surface area contributed by atoms with Gasteiger partial charge < -0.3 is 10.1 Å².